The van der Waals surface area contributed by atoms with Gasteiger partial charge in [-0.15, -0.1) is 0 Å². The van der Waals surface area contributed by atoms with Crippen LogP contribution in [0.3, 0.4) is 0 Å². The third-order valence-corrected chi connectivity index (χ3v) is 2.62. The molecule has 0 aromatic carbocycles. The fraction of sp³-hybridized carbons (Fsp3) is 0.900. The summed E-state index contributed by atoms with van der Waals surface area (Å²) in [6.45, 7) is 8.33. The van der Waals surface area contributed by atoms with Gasteiger partial charge in [-0.05, 0) is 26.3 Å². The van der Waals surface area contributed by atoms with Crippen molar-refractivity contribution in [2.75, 3.05) is 13.1 Å². The van der Waals surface area contributed by atoms with Crippen LogP contribution in [-0.2, 0) is 4.79 Å². The molecule has 0 amide bonds. The largest absolute Gasteiger partial charge is 0.303 e. The monoisotopic (exact) mass is 169 g/mol. The fourth-order valence-electron chi connectivity index (χ4n) is 1.79. The molecule has 0 bridgehead atoms. The summed E-state index contributed by atoms with van der Waals surface area (Å²) < 4.78 is 0. The molecule has 1 saturated heterocycles. The van der Waals surface area contributed by atoms with E-state index in [9.17, 15) is 4.79 Å². The highest BCUT2D eigenvalue weighted by Gasteiger charge is 2.26. The molecule has 0 aliphatic carbocycles. The molecule has 0 aromatic heterocycles. The van der Waals surface area contributed by atoms with E-state index < -0.39 is 0 Å². The predicted octanol–water partition coefficient (Wildman–Crippen LogP) is 1.70. The average molecular weight is 169 g/mol. The highest BCUT2D eigenvalue weighted by atomic mass is 16.1. The zero-order valence-electron chi connectivity index (χ0n) is 8.34. The molecule has 1 atom stereocenters. The Morgan fingerprint density at radius 2 is 2.25 bits per heavy atom. The van der Waals surface area contributed by atoms with Crippen LogP contribution in [0.25, 0.3) is 0 Å². The third kappa shape index (κ3) is 2.31. The lowest BCUT2D eigenvalue weighted by atomic mass is 9.95. The number of hydrogen-bond donors (Lipinski definition) is 0. The first-order valence-electron chi connectivity index (χ1n) is 4.75. The molecule has 0 N–H and O–H groups in total. The van der Waals surface area contributed by atoms with E-state index in [-0.39, 0.29) is 5.41 Å². The van der Waals surface area contributed by atoms with Crippen molar-refractivity contribution in [3.63, 3.8) is 0 Å². The van der Waals surface area contributed by atoms with Crippen LogP contribution >= 0.6 is 0 Å². The van der Waals surface area contributed by atoms with Gasteiger partial charge in [0, 0.05) is 18.0 Å². The van der Waals surface area contributed by atoms with Gasteiger partial charge in [0.1, 0.15) is 6.29 Å². The molecule has 1 heterocycles. The summed E-state index contributed by atoms with van der Waals surface area (Å²) in [6, 6.07) is 0.671. The molecule has 0 saturated carbocycles. The zero-order valence-corrected chi connectivity index (χ0v) is 8.34. The Balaban J connectivity index is 2.44. The van der Waals surface area contributed by atoms with Crippen molar-refractivity contribution in [1.29, 1.82) is 0 Å². The fourth-order valence-corrected chi connectivity index (χ4v) is 1.79. The van der Waals surface area contributed by atoms with Crippen molar-refractivity contribution in [2.45, 2.75) is 39.7 Å². The number of rotatable bonds is 3. The van der Waals surface area contributed by atoms with E-state index in [0.29, 0.717) is 6.04 Å². The molecule has 0 aromatic rings. The van der Waals surface area contributed by atoms with Gasteiger partial charge >= 0.3 is 0 Å². The van der Waals surface area contributed by atoms with E-state index in [1.165, 1.54) is 19.4 Å². The summed E-state index contributed by atoms with van der Waals surface area (Å²) in [4.78, 5) is 13.1. The molecular formula is C10H19NO. The highest BCUT2D eigenvalue weighted by molar-refractivity contribution is 5.58. The maximum absolute atomic E-state index is 10.7. The summed E-state index contributed by atoms with van der Waals surface area (Å²) in [5, 5.41) is 0. The number of likely N-dealkylation sites (tertiary alicyclic amines) is 1. The minimum absolute atomic E-state index is 0.168. The number of nitrogens with zero attached hydrogens (tertiary/aromatic N) is 1. The average Bonchev–Trinajstić information content (AvgIpc) is 2.36. The topological polar surface area (TPSA) is 20.3 Å². The van der Waals surface area contributed by atoms with Gasteiger partial charge in [-0.1, -0.05) is 13.8 Å². The lowest BCUT2D eigenvalue weighted by Gasteiger charge is -2.28. The molecule has 2 nitrogen and oxygen atoms in total. The number of aldehydes is 1. The number of carbonyl (C=O) groups excluding carboxylic acids is 1. The maximum atomic E-state index is 10.7. The van der Waals surface area contributed by atoms with Gasteiger partial charge in [-0.25, -0.2) is 0 Å². The SMILES string of the molecule is CC1CCCN1CC(C)(C)C=O. The van der Waals surface area contributed by atoms with Crippen molar-refractivity contribution >= 4 is 6.29 Å². The van der Waals surface area contributed by atoms with Crippen LogP contribution in [0.2, 0.25) is 0 Å². The van der Waals surface area contributed by atoms with E-state index >= 15 is 0 Å². The van der Waals surface area contributed by atoms with Gasteiger partial charge in [0.2, 0.25) is 0 Å². The first-order valence-corrected chi connectivity index (χ1v) is 4.75. The zero-order chi connectivity index (χ0) is 9.19. The number of carbonyl (C=O) groups is 1. The first kappa shape index (κ1) is 9.72. The molecule has 1 aliphatic rings. The van der Waals surface area contributed by atoms with Crippen LogP contribution in [0.4, 0.5) is 0 Å². The van der Waals surface area contributed by atoms with Crippen molar-refractivity contribution in [3.8, 4) is 0 Å². The van der Waals surface area contributed by atoms with E-state index in [4.69, 9.17) is 0 Å². The number of hydrogen-bond acceptors (Lipinski definition) is 2. The van der Waals surface area contributed by atoms with Crippen LogP contribution in [0.5, 0.6) is 0 Å². The van der Waals surface area contributed by atoms with Crippen LogP contribution < -0.4 is 0 Å². The maximum Gasteiger partial charge on any atom is 0.126 e. The highest BCUT2D eigenvalue weighted by Crippen LogP contribution is 2.22. The lowest BCUT2D eigenvalue weighted by molar-refractivity contribution is -0.115. The Bertz CT molecular complexity index is 165. The molecule has 12 heavy (non-hydrogen) atoms. The molecular weight excluding hydrogens is 150 g/mol. The Hall–Kier alpha value is -0.370. The van der Waals surface area contributed by atoms with Crippen LogP contribution in [0.1, 0.15) is 33.6 Å². The van der Waals surface area contributed by atoms with E-state index in [0.717, 1.165) is 12.8 Å². The molecule has 1 fully saturated rings. The van der Waals surface area contributed by atoms with Gasteiger partial charge in [-0.2, -0.15) is 0 Å². The van der Waals surface area contributed by atoms with Crippen molar-refractivity contribution < 1.29 is 4.79 Å². The summed E-state index contributed by atoms with van der Waals surface area (Å²) in [7, 11) is 0. The molecule has 70 valence electrons. The Morgan fingerprint density at radius 1 is 1.58 bits per heavy atom. The predicted molar refractivity (Wildman–Crippen MR) is 50.1 cm³/mol. The van der Waals surface area contributed by atoms with Gasteiger partial charge in [-0.3, -0.25) is 4.90 Å². The summed E-state index contributed by atoms with van der Waals surface area (Å²) in [5.74, 6) is 0. The van der Waals surface area contributed by atoms with E-state index in [1.54, 1.807) is 0 Å². The van der Waals surface area contributed by atoms with E-state index in [2.05, 4.69) is 11.8 Å². The van der Waals surface area contributed by atoms with Gasteiger partial charge in [0.05, 0.1) is 0 Å². The normalized spacial score (nSPS) is 26.1. The van der Waals surface area contributed by atoms with Gasteiger partial charge < -0.3 is 4.79 Å². The van der Waals surface area contributed by atoms with Gasteiger partial charge in [0.25, 0.3) is 0 Å². The molecule has 0 spiro atoms. The van der Waals surface area contributed by atoms with Crippen LogP contribution in [0.15, 0.2) is 0 Å². The van der Waals surface area contributed by atoms with E-state index in [1.807, 2.05) is 13.8 Å². The van der Waals surface area contributed by atoms with Crippen molar-refractivity contribution in [3.05, 3.63) is 0 Å². The smallest absolute Gasteiger partial charge is 0.126 e. The summed E-state index contributed by atoms with van der Waals surface area (Å²) in [5.41, 5.74) is -0.168. The Kier molecular flexibility index (Phi) is 2.89. The van der Waals surface area contributed by atoms with Crippen LogP contribution in [-0.4, -0.2) is 30.3 Å². The second-order valence-electron chi connectivity index (χ2n) is 4.57. The van der Waals surface area contributed by atoms with Crippen LogP contribution in [0, 0.1) is 5.41 Å². The minimum Gasteiger partial charge on any atom is -0.303 e. The lowest BCUT2D eigenvalue weighted by Crippen LogP contribution is -2.37. The Morgan fingerprint density at radius 3 is 2.67 bits per heavy atom. The Labute approximate surface area is 74.9 Å². The molecule has 0 radical (unpaired) electrons. The minimum atomic E-state index is -0.168. The van der Waals surface area contributed by atoms with Crippen molar-refractivity contribution in [2.24, 2.45) is 5.41 Å². The summed E-state index contributed by atoms with van der Waals surface area (Å²) >= 11 is 0. The summed E-state index contributed by atoms with van der Waals surface area (Å²) in [6.07, 6.45) is 3.64. The molecule has 1 rings (SSSR count). The third-order valence-electron chi connectivity index (χ3n) is 2.62. The second kappa shape index (κ2) is 3.56. The molecule has 2 heteroatoms. The van der Waals surface area contributed by atoms with Gasteiger partial charge in [0.15, 0.2) is 0 Å². The quantitative estimate of drug-likeness (QED) is 0.599. The first-order chi connectivity index (χ1) is 5.55. The molecule has 1 unspecified atom stereocenters. The standard InChI is InChI=1S/C10H19NO/c1-9-5-4-6-11(9)7-10(2,3)8-12/h8-9H,4-7H2,1-3H3. The van der Waals surface area contributed by atoms with Crippen molar-refractivity contribution in [1.82, 2.24) is 4.90 Å². The molecule has 1 aliphatic heterocycles. The second-order valence-corrected chi connectivity index (χ2v) is 4.57.